The summed E-state index contributed by atoms with van der Waals surface area (Å²) in [7, 11) is 0. The minimum absolute atomic E-state index is 0.619. The predicted octanol–water partition coefficient (Wildman–Crippen LogP) is 6.57. The molecule has 0 radical (unpaired) electrons. The van der Waals surface area contributed by atoms with E-state index in [1.54, 1.807) is 6.20 Å². The van der Waals surface area contributed by atoms with Gasteiger partial charge in [0.1, 0.15) is 0 Å². The number of nitrogens with zero attached hydrogens (tertiary/aromatic N) is 3. The lowest BCUT2D eigenvalue weighted by Gasteiger charge is -2.01. The van der Waals surface area contributed by atoms with E-state index >= 15 is 0 Å². The Labute approximate surface area is 166 Å². The first kappa shape index (κ1) is 24.5. The van der Waals surface area contributed by atoms with Gasteiger partial charge in [-0.1, -0.05) is 46.8 Å². The van der Waals surface area contributed by atoms with Crippen LogP contribution < -0.4 is 0 Å². The Morgan fingerprint density at radius 3 is 1.81 bits per heavy atom. The van der Waals surface area contributed by atoms with Crippen molar-refractivity contribution in [3.05, 3.63) is 89.8 Å². The third kappa shape index (κ3) is 12.4. The molecule has 0 amide bonds. The van der Waals surface area contributed by atoms with E-state index in [2.05, 4.69) is 41.8 Å². The van der Waals surface area contributed by atoms with Gasteiger partial charge in [-0.05, 0) is 67.1 Å². The molecule has 0 aliphatic carbocycles. The molecule has 0 saturated heterocycles. The molecular formula is C24H35N3. The topological polar surface area (TPSA) is 38.7 Å². The first-order valence-corrected chi connectivity index (χ1v) is 9.71. The molecule has 0 fully saturated rings. The van der Waals surface area contributed by atoms with Crippen molar-refractivity contribution in [2.24, 2.45) is 0 Å². The normalized spacial score (nSPS) is 9.04. The highest BCUT2D eigenvalue weighted by Crippen LogP contribution is 2.10. The number of pyridine rings is 3. The Bertz CT molecular complexity index is 678. The second kappa shape index (κ2) is 15.7. The Morgan fingerprint density at radius 2 is 1.48 bits per heavy atom. The van der Waals surface area contributed by atoms with E-state index in [0.717, 1.165) is 12.1 Å². The number of aryl methyl sites for hydroxylation is 3. The zero-order valence-corrected chi connectivity index (χ0v) is 18.0. The molecule has 3 heterocycles. The van der Waals surface area contributed by atoms with Gasteiger partial charge < -0.3 is 0 Å². The average molecular weight is 366 g/mol. The molecule has 0 unspecified atom stereocenters. The van der Waals surface area contributed by atoms with Gasteiger partial charge in [0.2, 0.25) is 0 Å². The zero-order chi connectivity index (χ0) is 20.5. The van der Waals surface area contributed by atoms with E-state index in [9.17, 15) is 0 Å². The summed E-state index contributed by atoms with van der Waals surface area (Å²) >= 11 is 0. The summed E-state index contributed by atoms with van der Waals surface area (Å²) in [4.78, 5) is 12.0. The standard InChI is InChI=1S/2C8H11N.C6H7N.C2H6/c1-7(2)8-3-5-9-6-4-8;1-3-8-5-4-7(2)9-6-8;1-6-3-2-4-7-5-6;1-2/h3-7H,1-2H3;4-6H,3H2,1-2H3;2-5H,1H3;1-2H3. The summed E-state index contributed by atoms with van der Waals surface area (Å²) < 4.78 is 0. The molecule has 0 aliphatic rings. The van der Waals surface area contributed by atoms with Crippen molar-refractivity contribution >= 4 is 0 Å². The van der Waals surface area contributed by atoms with Gasteiger partial charge in [-0.3, -0.25) is 15.0 Å². The van der Waals surface area contributed by atoms with Crippen LogP contribution in [0, 0.1) is 13.8 Å². The molecule has 0 bridgehead atoms. The Morgan fingerprint density at radius 1 is 0.815 bits per heavy atom. The largest absolute Gasteiger partial charge is 0.265 e. The fourth-order valence-electron chi connectivity index (χ4n) is 1.90. The van der Waals surface area contributed by atoms with Crippen molar-refractivity contribution in [1.82, 2.24) is 15.0 Å². The molecule has 0 atom stereocenters. The van der Waals surface area contributed by atoms with Gasteiger partial charge in [-0.15, -0.1) is 0 Å². The molecule has 146 valence electrons. The second-order valence-corrected chi connectivity index (χ2v) is 6.13. The van der Waals surface area contributed by atoms with Crippen molar-refractivity contribution in [2.45, 2.75) is 60.8 Å². The van der Waals surface area contributed by atoms with Crippen LogP contribution >= 0.6 is 0 Å². The summed E-state index contributed by atoms with van der Waals surface area (Å²) in [5.74, 6) is 0.619. The first-order chi connectivity index (χ1) is 13.0. The third-order valence-corrected chi connectivity index (χ3v) is 3.56. The Kier molecular flexibility index (Phi) is 14.2. The maximum absolute atomic E-state index is 4.15. The summed E-state index contributed by atoms with van der Waals surface area (Å²) in [5, 5.41) is 0. The molecule has 3 heteroatoms. The molecule has 27 heavy (non-hydrogen) atoms. The second-order valence-electron chi connectivity index (χ2n) is 6.13. The van der Waals surface area contributed by atoms with Crippen LogP contribution in [-0.4, -0.2) is 15.0 Å². The SMILES string of the molecule is CC.CC(C)c1ccncc1.CCc1ccc(C)nc1.Cc1cccnc1. The fourth-order valence-corrected chi connectivity index (χ4v) is 1.90. The summed E-state index contributed by atoms with van der Waals surface area (Å²) in [5.41, 5.74) is 4.96. The van der Waals surface area contributed by atoms with Gasteiger partial charge in [-0.25, -0.2) is 0 Å². The van der Waals surface area contributed by atoms with Gasteiger partial charge in [-0.2, -0.15) is 0 Å². The van der Waals surface area contributed by atoms with Crippen molar-refractivity contribution in [3.63, 3.8) is 0 Å². The maximum atomic E-state index is 4.15. The molecule has 0 aliphatic heterocycles. The van der Waals surface area contributed by atoms with Crippen LogP contribution in [0.3, 0.4) is 0 Å². The molecule has 0 spiro atoms. The highest BCUT2D eigenvalue weighted by Gasteiger charge is 1.94. The molecule has 3 rings (SSSR count). The van der Waals surface area contributed by atoms with Crippen molar-refractivity contribution in [1.29, 1.82) is 0 Å². The lowest BCUT2D eigenvalue weighted by Crippen LogP contribution is -1.85. The van der Waals surface area contributed by atoms with Crippen molar-refractivity contribution in [2.75, 3.05) is 0 Å². The van der Waals surface area contributed by atoms with Crippen LogP contribution in [0.5, 0.6) is 0 Å². The zero-order valence-electron chi connectivity index (χ0n) is 18.0. The predicted molar refractivity (Wildman–Crippen MR) is 117 cm³/mol. The van der Waals surface area contributed by atoms with E-state index < -0.39 is 0 Å². The van der Waals surface area contributed by atoms with Crippen LogP contribution in [0.25, 0.3) is 0 Å². The molecule has 0 N–H and O–H groups in total. The number of hydrogen-bond acceptors (Lipinski definition) is 3. The lowest BCUT2D eigenvalue weighted by molar-refractivity contribution is 0.863. The van der Waals surface area contributed by atoms with Crippen LogP contribution in [0.4, 0.5) is 0 Å². The van der Waals surface area contributed by atoms with Gasteiger partial charge in [0.05, 0.1) is 0 Å². The van der Waals surface area contributed by atoms with E-state index in [1.807, 2.05) is 82.8 Å². The summed E-state index contributed by atoms with van der Waals surface area (Å²) in [6.45, 7) is 14.5. The van der Waals surface area contributed by atoms with Gasteiger partial charge >= 0.3 is 0 Å². The Balaban J connectivity index is 0.000000361. The van der Waals surface area contributed by atoms with Crippen LogP contribution in [0.2, 0.25) is 0 Å². The highest BCUT2D eigenvalue weighted by atomic mass is 14.7. The summed E-state index contributed by atoms with van der Waals surface area (Å²) in [6.07, 6.45) is 10.3. The van der Waals surface area contributed by atoms with Gasteiger partial charge in [0.15, 0.2) is 0 Å². The molecule has 3 aromatic rings. The van der Waals surface area contributed by atoms with Crippen LogP contribution in [-0.2, 0) is 6.42 Å². The van der Waals surface area contributed by atoms with E-state index in [4.69, 9.17) is 0 Å². The van der Waals surface area contributed by atoms with Gasteiger partial charge in [0.25, 0.3) is 0 Å². The van der Waals surface area contributed by atoms with Crippen LogP contribution in [0.1, 0.15) is 62.9 Å². The molecule has 3 aromatic heterocycles. The minimum Gasteiger partial charge on any atom is -0.265 e. The number of rotatable bonds is 2. The monoisotopic (exact) mass is 365 g/mol. The van der Waals surface area contributed by atoms with E-state index in [1.165, 1.54) is 16.7 Å². The van der Waals surface area contributed by atoms with Crippen molar-refractivity contribution in [3.8, 4) is 0 Å². The quantitative estimate of drug-likeness (QED) is 0.515. The smallest absolute Gasteiger partial charge is 0.0372 e. The van der Waals surface area contributed by atoms with Gasteiger partial charge in [0, 0.05) is 36.7 Å². The average Bonchev–Trinajstić information content (AvgIpc) is 2.72. The number of hydrogen-bond donors (Lipinski definition) is 0. The first-order valence-electron chi connectivity index (χ1n) is 9.71. The molecule has 0 aromatic carbocycles. The molecule has 3 nitrogen and oxygen atoms in total. The fraction of sp³-hybridized carbons (Fsp3) is 0.375. The number of aromatic nitrogens is 3. The molecular weight excluding hydrogens is 330 g/mol. The summed E-state index contributed by atoms with van der Waals surface area (Å²) in [6, 6.07) is 12.2. The van der Waals surface area contributed by atoms with Crippen LogP contribution in [0.15, 0.2) is 67.4 Å². The van der Waals surface area contributed by atoms with E-state index in [0.29, 0.717) is 5.92 Å². The van der Waals surface area contributed by atoms with Crippen molar-refractivity contribution < 1.29 is 0 Å². The lowest BCUT2D eigenvalue weighted by atomic mass is 10.1. The van der Waals surface area contributed by atoms with E-state index in [-0.39, 0.29) is 0 Å². The molecule has 0 saturated carbocycles. The third-order valence-electron chi connectivity index (χ3n) is 3.56. The minimum atomic E-state index is 0.619. The maximum Gasteiger partial charge on any atom is 0.0372 e. The highest BCUT2D eigenvalue weighted by molar-refractivity contribution is 5.13. The Hall–Kier alpha value is -2.55.